The second-order valence-electron chi connectivity index (χ2n) is 4.86. The van der Waals surface area contributed by atoms with E-state index in [-0.39, 0.29) is 23.0 Å². The van der Waals surface area contributed by atoms with Gasteiger partial charge in [-0.2, -0.15) is 0 Å². The third-order valence-electron chi connectivity index (χ3n) is 2.60. The fourth-order valence-corrected chi connectivity index (χ4v) is 2.11. The molecule has 0 saturated carbocycles. The Kier molecular flexibility index (Phi) is 5.66. The van der Waals surface area contributed by atoms with Crippen LogP contribution in [0.3, 0.4) is 0 Å². The highest BCUT2D eigenvalue weighted by atomic mass is 35.5. The number of carboxylic acid groups (broad SMARTS) is 1. The van der Waals surface area contributed by atoms with Crippen LogP contribution in [-0.4, -0.2) is 39.9 Å². The van der Waals surface area contributed by atoms with Crippen LogP contribution in [0.2, 0.25) is 5.02 Å². The van der Waals surface area contributed by atoms with E-state index in [1.807, 2.05) is 13.8 Å². The summed E-state index contributed by atoms with van der Waals surface area (Å²) in [7, 11) is 0. The molecule has 21 heavy (non-hydrogen) atoms. The van der Waals surface area contributed by atoms with E-state index in [1.54, 1.807) is 0 Å². The molecule has 0 aliphatic heterocycles. The van der Waals surface area contributed by atoms with Crippen molar-refractivity contribution in [3.63, 3.8) is 0 Å². The third kappa shape index (κ3) is 4.42. The number of carbonyl (C=O) groups is 2. The van der Waals surface area contributed by atoms with Gasteiger partial charge in [0.05, 0.1) is 9.95 Å². The first-order chi connectivity index (χ1) is 9.73. The normalized spacial score (nSPS) is 10.5. The quantitative estimate of drug-likeness (QED) is 0.642. The maximum absolute atomic E-state index is 12.4. The molecule has 0 aromatic heterocycles. The average Bonchev–Trinajstić information content (AvgIpc) is 2.35. The number of nitro benzene ring substituents is 1. The topological polar surface area (TPSA) is 101 Å². The van der Waals surface area contributed by atoms with Gasteiger partial charge >= 0.3 is 5.97 Å². The second kappa shape index (κ2) is 7.03. The second-order valence-corrected chi connectivity index (χ2v) is 5.27. The molecule has 1 N–H and O–H groups in total. The highest BCUT2D eigenvalue weighted by molar-refractivity contribution is 6.34. The molecule has 114 valence electrons. The number of nitrogens with zero attached hydrogens (tertiary/aromatic N) is 2. The zero-order chi connectivity index (χ0) is 16.2. The largest absolute Gasteiger partial charge is 0.480 e. The summed E-state index contributed by atoms with van der Waals surface area (Å²) in [5, 5.41) is 19.8. The molecule has 0 spiro atoms. The number of halogens is 1. The minimum Gasteiger partial charge on any atom is -0.480 e. The molecule has 0 atom stereocenters. The molecule has 0 bridgehead atoms. The zero-order valence-corrected chi connectivity index (χ0v) is 12.3. The summed E-state index contributed by atoms with van der Waals surface area (Å²) in [4.78, 5) is 34.6. The van der Waals surface area contributed by atoms with E-state index in [9.17, 15) is 19.7 Å². The molecule has 1 amide bonds. The van der Waals surface area contributed by atoms with Gasteiger partial charge in [0.1, 0.15) is 12.1 Å². The van der Waals surface area contributed by atoms with Gasteiger partial charge in [-0.3, -0.25) is 19.7 Å². The fraction of sp³-hybridized carbons (Fsp3) is 0.385. The molecule has 0 radical (unpaired) electrons. The number of aliphatic carboxylic acids is 1. The lowest BCUT2D eigenvalue weighted by atomic mass is 10.1. The van der Waals surface area contributed by atoms with Crippen LogP contribution in [0, 0.1) is 16.0 Å². The first kappa shape index (κ1) is 16.9. The maximum Gasteiger partial charge on any atom is 0.323 e. The van der Waals surface area contributed by atoms with E-state index in [1.165, 1.54) is 12.1 Å². The van der Waals surface area contributed by atoms with Gasteiger partial charge in [0.25, 0.3) is 11.6 Å². The van der Waals surface area contributed by atoms with Crippen molar-refractivity contribution >= 4 is 29.2 Å². The van der Waals surface area contributed by atoms with Crippen LogP contribution in [0.25, 0.3) is 0 Å². The molecule has 0 heterocycles. The number of nitro groups is 1. The van der Waals surface area contributed by atoms with Crippen LogP contribution in [0.5, 0.6) is 0 Å². The fourth-order valence-electron chi connectivity index (χ4n) is 1.86. The number of hydrogen-bond donors (Lipinski definition) is 1. The van der Waals surface area contributed by atoms with Gasteiger partial charge in [-0.25, -0.2) is 0 Å². The summed E-state index contributed by atoms with van der Waals surface area (Å²) < 4.78 is 0. The van der Waals surface area contributed by atoms with Gasteiger partial charge in [0, 0.05) is 12.6 Å². The lowest BCUT2D eigenvalue weighted by Gasteiger charge is -2.23. The van der Waals surface area contributed by atoms with Crippen LogP contribution >= 0.6 is 11.6 Å². The van der Waals surface area contributed by atoms with Gasteiger partial charge in [-0.05, 0) is 12.0 Å². The molecular weight excluding hydrogens is 300 g/mol. The maximum atomic E-state index is 12.4. The summed E-state index contributed by atoms with van der Waals surface area (Å²) in [6.07, 6.45) is 0. The van der Waals surface area contributed by atoms with E-state index in [2.05, 4.69) is 0 Å². The summed E-state index contributed by atoms with van der Waals surface area (Å²) >= 11 is 5.89. The Morgan fingerprint density at radius 2 is 2.05 bits per heavy atom. The van der Waals surface area contributed by atoms with Crippen LogP contribution in [0.15, 0.2) is 18.2 Å². The van der Waals surface area contributed by atoms with E-state index in [4.69, 9.17) is 16.7 Å². The molecule has 8 heteroatoms. The van der Waals surface area contributed by atoms with Crippen LogP contribution < -0.4 is 0 Å². The van der Waals surface area contributed by atoms with Gasteiger partial charge in [0.15, 0.2) is 0 Å². The van der Waals surface area contributed by atoms with Crippen molar-refractivity contribution in [2.45, 2.75) is 13.8 Å². The lowest BCUT2D eigenvalue weighted by Crippen LogP contribution is -2.38. The third-order valence-corrected chi connectivity index (χ3v) is 2.92. The van der Waals surface area contributed by atoms with Crippen LogP contribution in [0.1, 0.15) is 24.2 Å². The molecular formula is C13H15ClN2O5. The van der Waals surface area contributed by atoms with E-state index in [0.29, 0.717) is 0 Å². The SMILES string of the molecule is CC(C)CN(CC(=O)O)C(=O)c1c(Cl)cccc1[N+](=O)[O-]. The van der Waals surface area contributed by atoms with Crippen molar-refractivity contribution in [2.24, 2.45) is 5.92 Å². The van der Waals surface area contributed by atoms with Crippen molar-refractivity contribution in [1.29, 1.82) is 0 Å². The molecule has 1 aromatic rings. The van der Waals surface area contributed by atoms with E-state index >= 15 is 0 Å². The van der Waals surface area contributed by atoms with E-state index in [0.717, 1.165) is 11.0 Å². The molecule has 7 nitrogen and oxygen atoms in total. The predicted molar refractivity (Wildman–Crippen MR) is 76.5 cm³/mol. The van der Waals surface area contributed by atoms with Crippen LogP contribution in [-0.2, 0) is 4.79 Å². The summed E-state index contributed by atoms with van der Waals surface area (Å²) in [5.41, 5.74) is -0.724. The Labute approximate surface area is 126 Å². The Morgan fingerprint density at radius 3 is 2.52 bits per heavy atom. The standard InChI is InChI=1S/C13H15ClN2O5/c1-8(2)6-15(7-11(17)18)13(19)12-9(14)4-3-5-10(12)16(20)21/h3-5,8H,6-7H2,1-2H3,(H,17,18). The average molecular weight is 315 g/mol. The van der Waals surface area contributed by atoms with Gasteiger partial charge in [0.2, 0.25) is 0 Å². The number of carboxylic acids is 1. The van der Waals surface area contributed by atoms with Crippen molar-refractivity contribution in [2.75, 3.05) is 13.1 Å². The molecule has 0 aliphatic rings. The smallest absolute Gasteiger partial charge is 0.323 e. The van der Waals surface area contributed by atoms with Crippen LogP contribution in [0.4, 0.5) is 5.69 Å². The number of amides is 1. The molecule has 0 unspecified atom stereocenters. The predicted octanol–water partition coefficient (Wildman–Crippen LogP) is 2.43. The van der Waals surface area contributed by atoms with Crippen molar-refractivity contribution in [1.82, 2.24) is 4.90 Å². The number of benzene rings is 1. The van der Waals surface area contributed by atoms with E-state index < -0.39 is 29.0 Å². The summed E-state index contributed by atoms with van der Waals surface area (Å²) in [6, 6.07) is 3.88. The summed E-state index contributed by atoms with van der Waals surface area (Å²) in [5.74, 6) is -1.95. The molecule has 0 saturated heterocycles. The van der Waals surface area contributed by atoms with Crippen molar-refractivity contribution < 1.29 is 19.6 Å². The first-order valence-corrected chi connectivity index (χ1v) is 6.55. The minimum atomic E-state index is -1.20. The number of hydrogen-bond acceptors (Lipinski definition) is 4. The zero-order valence-electron chi connectivity index (χ0n) is 11.6. The first-order valence-electron chi connectivity index (χ1n) is 6.18. The minimum absolute atomic E-state index is 0.00911. The number of carbonyl (C=O) groups excluding carboxylic acids is 1. The van der Waals surface area contributed by atoms with Gasteiger partial charge in [-0.1, -0.05) is 31.5 Å². The highest BCUT2D eigenvalue weighted by Gasteiger charge is 2.28. The van der Waals surface area contributed by atoms with Crippen molar-refractivity contribution in [3.8, 4) is 0 Å². The van der Waals surface area contributed by atoms with Gasteiger partial charge < -0.3 is 10.0 Å². The lowest BCUT2D eigenvalue weighted by molar-refractivity contribution is -0.385. The monoisotopic (exact) mass is 314 g/mol. The molecule has 0 fully saturated rings. The Bertz CT molecular complexity index is 574. The van der Waals surface area contributed by atoms with Crippen molar-refractivity contribution in [3.05, 3.63) is 38.9 Å². The molecule has 1 aromatic carbocycles. The Hall–Kier alpha value is -2.15. The summed E-state index contributed by atoms with van der Waals surface area (Å²) in [6.45, 7) is 3.24. The number of rotatable bonds is 6. The highest BCUT2D eigenvalue weighted by Crippen LogP contribution is 2.27. The molecule has 0 aliphatic carbocycles. The Morgan fingerprint density at radius 1 is 1.43 bits per heavy atom. The Balaban J connectivity index is 3.25. The molecule has 1 rings (SSSR count). The van der Waals surface area contributed by atoms with Gasteiger partial charge in [-0.15, -0.1) is 0 Å².